The summed E-state index contributed by atoms with van der Waals surface area (Å²) in [6.45, 7) is 2.80. The Labute approximate surface area is 99.3 Å². The molecule has 0 spiro atoms. The van der Waals surface area contributed by atoms with Crippen LogP contribution in [-0.4, -0.2) is 16.7 Å². The van der Waals surface area contributed by atoms with E-state index in [2.05, 4.69) is 29.3 Å². The second-order valence-corrected chi connectivity index (χ2v) is 4.77. The number of nitrogens with two attached hydrogens (primary N) is 1. The summed E-state index contributed by atoms with van der Waals surface area (Å²) in [5.41, 5.74) is 7.89. The molecule has 0 saturated heterocycles. The third-order valence-corrected chi connectivity index (χ3v) is 3.45. The van der Waals surface area contributed by atoms with Gasteiger partial charge in [-0.2, -0.15) is 0 Å². The Hall–Kier alpha value is -1.26. The SMILES string of the molecule is Cc1ccccc1-c1nnc(CCCN)s1. The van der Waals surface area contributed by atoms with E-state index >= 15 is 0 Å². The maximum absolute atomic E-state index is 5.47. The number of benzene rings is 1. The molecule has 16 heavy (non-hydrogen) atoms. The lowest BCUT2D eigenvalue weighted by Crippen LogP contribution is -1.99. The normalized spacial score (nSPS) is 10.6. The van der Waals surface area contributed by atoms with Crippen LogP contribution in [0, 0.1) is 6.92 Å². The summed E-state index contributed by atoms with van der Waals surface area (Å²) in [6.07, 6.45) is 1.91. The van der Waals surface area contributed by atoms with Crippen molar-refractivity contribution in [3.8, 4) is 10.6 Å². The molecule has 0 amide bonds. The number of aromatic nitrogens is 2. The molecule has 0 unspecified atom stereocenters. The zero-order chi connectivity index (χ0) is 11.4. The lowest BCUT2D eigenvalue weighted by Gasteiger charge is -1.98. The third kappa shape index (κ3) is 2.46. The average Bonchev–Trinajstić information content (AvgIpc) is 2.75. The van der Waals surface area contributed by atoms with Crippen LogP contribution in [0.25, 0.3) is 10.6 Å². The smallest absolute Gasteiger partial charge is 0.148 e. The van der Waals surface area contributed by atoms with E-state index in [0.717, 1.165) is 22.9 Å². The van der Waals surface area contributed by atoms with Gasteiger partial charge >= 0.3 is 0 Å². The van der Waals surface area contributed by atoms with E-state index in [4.69, 9.17) is 5.73 Å². The Kier molecular flexibility index (Phi) is 3.64. The minimum absolute atomic E-state index is 0.708. The topological polar surface area (TPSA) is 51.8 Å². The van der Waals surface area contributed by atoms with E-state index < -0.39 is 0 Å². The van der Waals surface area contributed by atoms with Crippen LogP contribution in [0.15, 0.2) is 24.3 Å². The van der Waals surface area contributed by atoms with E-state index in [1.165, 1.54) is 11.1 Å². The molecule has 2 N–H and O–H groups in total. The van der Waals surface area contributed by atoms with Crippen LogP contribution in [0.5, 0.6) is 0 Å². The van der Waals surface area contributed by atoms with Crippen molar-refractivity contribution in [3.05, 3.63) is 34.8 Å². The third-order valence-electron chi connectivity index (χ3n) is 2.44. The van der Waals surface area contributed by atoms with Gasteiger partial charge in [0, 0.05) is 12.0 Å². The van der Waals surface area contributed by atoms with Crippen molar-refractivity contribution < 1.29 is 0 Å². The summed E-state index contributed by atoms with van der Waals surface area (Å²) >= 11 is 1.66. The quantitative estimate of drug-likeness (QED) is 0.882. The van der Waals surface area contributed by atoms with Crippen LogP contribution < -0.4 is 5.73 Å². The van der Waals surface area contributed by atoms with Gasteiger partial charge in [-0.1, -0.05) is 35.6 Å². The fourth-order valence-electron chi connectivity index (χ4n) is 1.53. The van der Waals surface area contributed by atoms with E-state index in [1.54, 1.807) is 11.3 Å². The molecule has 0 aliphatic rings. The van der Waals surface area contributed by atoms with Gasteiger partial charge in [-0.3, -0.25) is 0 Å². The number of rotatable bonds is 4. The van der Waals surface area contributed by atoms with Gasteiger partial charge in [-0.15, -0.1) is 10.2 Å². The highest BCUT2D eigenvalue weighted by Gasteiger charge is 2.07. The molecule has 0 bridgehead atoms. The zero-order valence-electron chi connectivity index (χ0n) is 9.31. The van der Waals surface area contributed by atoms with Gasteiger partial charge in [0.05, 0.1) is 0 Å². The fraction of sp³-hybridized carbons (Fsp3) is 0.333. The standard InChI is InChI=1S/C12H15N3S/c1-9-5-2-3-6-10(9)12-15-14-11(16-12)7-4-8-13/h2-3,5-6H,4,7-8,13H2,1H3. The molecule has 3 nitrogen and oxygen atoms in total. The summed E-state index contributed by atoms with van der Waals surface area (Å²) < 4.78 is 0. The summed E-state index contributed by atoms with van der Waals surface area (Å²) in [4.78, 5) is 0. The van der Waals surface area contributed by atoms with Crippen molar-refractivity contribution in [2.24, 2.45) is 5.73 Å². The van der Waals surface area contributed by atoms with E-state index in [9.17, 15) is 0 Å². The molecular formula is C12H15N3S. The largest absolute Gasteiger partial charge is 0.330 e. The monoisotopic (exact) mass is 233 g/mol. The Morgan fingerprint density at radius 3 is 2.81 bits per heavy atom. The highest BCUT2D eigenvalue weighted by Crippen LogP contribution is 2.26. The molecule has 0 atom stereocenters. The van der Waals surface area contributed by atoms with Crippen molar-refractivity contribution in [1.82, 2.24) is 10.2 Å². The highest BCUT2D eigenvalue weighted by atomic mass is 32.1. The van der Waals surface area contributed by atoms with Crippen molar-refractivity contribution in [2.75, 3.05) is 6.54 Å². The first-order valence-electron chi connectivity index (χ1n) is 5.39. The highest BCUT2D eigenvalue weighted by molar-refractivity contribution is 7.14. The molecule has 0 aliphatic heterocycles. The molecule has 0 saturated carbocycles. The molecule has 1 aromatic carbocycles. The second kappa shape index (κ2) is 5.18. The average molecular weight is 233 g/mol. The van der Waals surface area contributed by atoms with Crippen molar-refractivity contribution in [2.45, 2.75) is 19.8 Å². The molecule has 84 valence electrons. The van der Waals surface area contributed by atoms with Crippen LogP contribution in [0.3, 0.4) is 0 Å². The van der Waals surface area contributed by atoms with E-state index in [0.29, 0.717) is 6.54 Å². The van der Waals surface area contributed by atoms with Gasteiger partial charge in [0.25, 0.3) is 0 Å². The van der Waals surface area contributed by atoms with Gasteiger partial charge in [0.1, 0.15) is 10.0 Å². The maximum Gasteiger partial charge on any atom is 0.148 e. The molecule has 2 aromatic rings. The van der Waals surface area contributed by atoms with Crippen molar-refractivity contribution >= 4 is 11.3 Å². The van der Waals surface area contributed by atoms with Gasteiger partial charge in [0.15, 0.2) is 0 Å². The van der Waals surface area contributed by atoms with Gasteiger partial charge in [-0.25, -0.2) is 0 Å². The van der Waals surface area contributed by atoms with Gasteiger partial charge in [-0.05, 0) is 25.5 Å². The Bertz CT molecular complexity index is 465. The Morgan fingerprint density at radius 2 is 2.06 bits per heavy atom. The van der Waals surface area contributed by atoms with E-state index in [1.807, 2.05) is 12.1 Å². The molecule has 0 fully saturated rings. The van der Waals surface area contributed by atoms with Crippen molar-refractivity contribution in [1.29, 1.82) is 0 Å². The zero-order valence-corrected chi connectivity index (χ0v) is 10.1. The Morgan fingerprint density at radius 1 is 1.25 bits per heavy atom. The number of aryl methyl sites for hydroxylation is 2. The first-order chi connectivity index (χ1) is 7.81. The molecule has 1 heterocycles. The lowest BCUT2D eigenvalue weighted by atomic mass is 10.1. The van der Waals surface area contributed by atoms with Crippen LogP contribution in [0.1, 0.15) is 17.0 Å². The van der Waals surface area contributed by atoms with Crippen molar-refractivity contribution in [3.63, 3.8) is 0 Å². The predicted octanol–water partition coefficient (Wildman–Crippen LogP) is 2.40. The molecule has 4 heteroatoms. The molecule has 1 aromatic heterocycles. The van der Waals surface area contributed by atoms with Gasteiger partial charge < -0.3 is 5.73 Å². The summed E-state index contributed by atoms with van der Waals surface area (Å²) in [6, 6.07) is 8.25. The molecule has 0 aliphatic carbocycles. The first kappa shape index (κ1) is 11.2. The van der Waals surface area contributed by atoms with Crippen LogP contribution in [0.4, 0.5) is 0 Å². The van der Waals surface area contributed by atoms with Crippen LogP contribution in [0.2, 0.25) is 0 Å². The number of nitrogens with zero attached hydrogens (tertiary/aromatic N) is 2. The number of hydrogen-bond donors (Lipinski definition) is 1. The van der Waals surface area contributed by atoms with E-state index in [-0.39, 0.29) is 0 Å². The minimum Gasteiger partial charge on any atom is -0.330 e. The summed E-state index contributed by atoms with van der Waals surface area (Å²) in [7, 11) is 0. The molecule has 2 rings (SSSR count). The summed E-state index contributed by atoms with van der Waals surface area (Å²) in [5.74, 6) is 0. The molecule has 0 radical (unpaired) electrons. The predicted molar refractivity (Wildman–Crippen MR) is 67.5 cm³/mol. The fourth-order valence-corrected chi connectivity index (χ4v) is 2.50. The maximum atomic E-state index is 5.47. The minimum atomic E-state index is 0.708. The summed E-state index contributed by atoms with van der Waals surface area (Å²) in [5, 5.41) is 10.5. The molecular weight excluding hydrogens is 218 g/mol. The Balaban J connectivity index is 2.22. The lowest BCUT2D eigenvalue weighted by molar-refractivity contribution is 0.812. The number of hydrogen-bond acceptors (Lipinski definition) is 4. The van der Waals surface area contributed by atoms with Gasteiger partial charge in [0.2, 0.25) is 0 Å². The first-order valence-corrected chi connectivity index (χ1v) is 6.21. The second-order valence-electron chi connectivity index (χ2n) is 3.71. The van der Waals surface area contributed by atoms with Crippen LogP contribution >= 0.6 is 11.3 Å². The van der Waals surface area contributed by atoms with Crippen LogP contribution in [-0.2, 0) is 6.42 Å².